The van der Waals surface area contributed by atoms with Crippen LogP contribution in [0.2, 0.25) is 0 Å². The predicted octanol–water partition coefficient (Wildman–Crippen LogP) is 14.7. The van der Waals surface area contributed by atoms with Gasteiger partial charge in [-0.1, -0.05) is 155 Å². The smallest absolute Gasteiger partial charge is 0.150 e. The Kier molecular flexibility index (Phi) is 20.8. The number of rotatable bonds is 11. The summed E-state index contributed by atoms with van der Waals surface area (Å²) in [5.74, 6) is 5.24. The molecule has 0 spiro atoms. The van der Waals surface area contributed by atoms with E-state index >= 15 is 0 Å². The van der Waals surface area contributed by atoms with Gasteiger partial charge in [-0.15, -0.1) is 6.58 Å². The number of methoxy groups -OCH3 is 2. The molecular weight excluding hydrogens is 649 g/mol. The fourth-order valence-electron chi connectivity index (χ4n) is 6.16. The summed E-state index contributed by atoms with van der Waals surface area (Å²) >= 11 is 0. The lowest BCUT2D eigenvalue weighted by Crippen LogP contribution is -1.98. The van der Waals surface area contributed by atoms with Crippen molar-refractivity contribution in [3.63, 3.8) is 0 Å². The van der Waals surface area contributed by atoms with Crippen LogP contribution in [0.3, 0.4) is 0 Å². The lowest BCUT2D eigenvalue weighted by molar-refractivity contribution is 0.112. The Labute approximate surface area is 325 Å². The number of aryl methyl sites for hydroxylation is 2. The zero-order valence-electron chi connectivity index (χ0n) is 36.2. The van der Waals surface area contributed by atoms with Gasteiger partial charge in [0.05, 0.1) is 14.2 Å². The molecule has 0 aliphatic heterocycles. The van der Waals surface area contributed by atoms with E-state index in [0.29, 0.717) is 41.1 Å². The van der Waals surface area contributed by atoms with Crippen molar-refractivity contribution < 1.29 is 14.3 Å². The molecule has 0 saturated carbocycles. The van der Waals surface area contributed by atoms with E-state index in [2.05, 4.69) is 158 Å². The third kappa shape index (κ3) is 15.4. The molecule has 0 N–H and O–H groups in total. The Bertz CT molecular complexity index is 1690. The van der Waals surface area contributed by atoms with E-state index in [9.17, 15) is 4.79 Å². The molecule has 290 valence electrons. The summed E-state index contributed by atoms with van der Waals surface area (Å²) in [6, 6.07) is 25.5. The van der Waals surface area contributed by atoms with Crippen molar-refractivity contribution in [3.05, 3.63) is 141 Å². The molecule has 0 saturated heterocycles. The van der Waals surface area contributed by atoms with E-state index in [1.54, 1.807) is 20.3 Å². The van der Waals surface area contributed by atoms with Gasteiger partial charge in [-0.25, -0.2) is 0 Å². The maximum absolute atomic E-state index is 10.5. The molecule has 0 aliphatic carbocycles. The van der Waals surface area contributed by atoms with E-state index in [-0.39, 0.29) is 0 Å². The first-order valence-corrected chi connectivity index (χ1v) is 19.5. The first-order chi connectivity index (χ1) is 24.9. The molecule has 4 rings (SSSR count). The molecule has 0 bridgehead atoms. The number of aldehydes is 1. The Balaban J connectivity index is 0.000000354. The summed E-state index contributed by atoms with van der Waals surface area (Å²) < 4.78 is 10.5. The van der Waals surface area contributed by atoms with Crippen molar-refractivity contribution in [3.8, 4) is 11.5 Å². The monoisotopic (exact) mass is 721 g/mol. The van der Waals surface area contributed by atoms with Crippen LogP contribution < -0.4 is 9.47 Å². The van der Waals surface area contributed by atoms with Crippen LogP contribution >= 0.6 is 0 Å². The van der Waals surface area contributed by atoms with Crippen LogP contribution in [-0.2, 0) is 6.42 Å². The lowest BCUT2D eigenvalue weighted by atomic mass is 9.89. The molecule has 0 atom stereocenters. The van der Waals surface area contributed by atoms with E-state index in [1.165, 1.54) is 44.5 Å². The van der Waals surface area contributed by atoms with Gasteiger partial charge in [0.25, 0.3) is 0 Å². The van der Waals surface area contributed by atoms with Gasteiger partial charge >= 0.3 is 0 Å². The number of benzene rings is 4. The van der Waals surface area contributed by atoms with E-state index in [0.717, 1.165) is 29.8 Å². The highest BCUT2D eigenvalue weighted by molar-refractivity contribution is 5.76. The summed E-state index contributed by atoms with van der Waals surface area (Å²) in [6.45, 7) is 34.7. The van der Waals surface area contributed by atoms with Crippen LogP contribution in [0, 0.1) is 13.8 Å². The SMILES string of the molecule is C=CCc1ccc(C(C)C)c(OC)c1.COc1cc(C=O)ccc1C(C)C.Cc1ccc(C(C)C)c(C(C)C)c1.Cc1ccc(C(C)C)cc1C(C)C. The van der Waals surface area contributed by atoms with Crippen LogP contribution in [-0.4, -0.2) is 20.5 Å². The van der Waals surface area contributed by atoms with Crippen molar-refractivity contribution in [1.82, 2.24) is 0 Å². The van der Waals surface area contributed by atoms with Gasteiger partial charge in [0.2, 0.25) is 0 Å². The van der Waals surface area contributed by atoms with Crippen LogP contribution in [0.1, 0.15) is 179 Å². The van der Waals surface area contributed by atoms with Gasteiger partial charge in [0.1, 0.15) is 17.8 Å². The number of carbonyl (C=O) groups excluding carboxylic acids is 1. The predicted molar refractivity (Wildman–Crippen MR) is 232 cm³/mol. The molecule has 3 heteroatoms. The maximum Gasteiger partial charge on any atom is 0.150 e. The highest BCUT2D eigenvalue weighted by atomic mass is 16.5. The summed E-state index contributed by atoms with van der Waals surface area (Å²) in [5.41, 5.74) is 13.0. The summed E-state index contributed by atoms with van der Waals surface area (Å²) in [4.78, 5) is 10.5. The highest BCUT2D eigenvalue weighted by Gasteiger charge is 2.10. The minimum absolute atomic E-state index is 0.413. The first-order valence-electron chi connectivity index (χ1n) is 19.5. The number of hydrogen-bond donors (Lipinski definition) is 0. The van der Waals surface area contributed by atoms with Crippen molar-refractivity contribution >= 4 is 6.29 Å². The van der Waals surface area contributed by atoms with E-state index in [4.69, 9.17) is 9.47 Å². The maximum atomic E-state index is 10.5. The van der Waals surface area contributed by atoms with Crippen molar-refractivity contribution in [2.45, 2.75) is 139 Å². The van der Waals surface area contributed by atoms with Crippen LogP contribution in [0.5, 0.6) is 11.5 Å². The van der Waals surface area contributed by atoms with Gasteiger partial charge < -0.3 is 9.47 Å². The van der Waals surface area contributed by atoms with Crippen molar-refractivity contribution in [1.29, 1.82) is 0 Å². The van der Waals surface area contributed by atoms with Gasteiger partial charge in [-0.2, -0.15) is 0 Å². The fraction of sp³-hybridized carbons (Fsp3) is 0.460. The van der Waals surface area contributed by atoms with Crippen molar-refractivity contribution in [2.24, 2.45) is 0 Å². The summed E-state index contributed by atoms with van der Waals surface area (Å²) in [6.07, 6.45) is 3.63. The zero-order chi connectivity index (χ0) is 40.4. The minimum atomic E-state index is 0.413. The van der Waals surface area contributed by atoms with Crippen LogP contribution in [0.25, 0.3) is 0 Å². The Morgan fingerprint density at radius 2 is 1.02 bits per heavy atom. The van der Waals surface area contributed by atoms with E-state index < -0.39 is 0 Å². The molecule has 0 unspecified atom stereocenters. The molecule has 0 heterocycles. The second kappa shape index (κ2) is 23.5. The topological polar surface area (TPSA) is 35.5 Å². The van der Waals surface area contributed by atoms with Crippen molar-refractivity contribution in [2.75, 3.05) is 14.2 Å². The minimum Gasteiger partial charge on any atom is -0.496 e. The largest absolute Gasteiger partial charge is 0.496 e. The molecule has 3 nitrogen and oxygen atoms in total. The lowest BCUT2D eigenvalue weighted by Gasteiger charge is -2.16. The number of hydrogen-bond acceptors (Lipinski definition) is 3. The molecule has 0 radical (unpaired) electrons. The molecule has 4 aromatic carbocycles. The summed E-state index contributed by atoms with van der Waals surface area (Å²) in [5, 5.41) is 0. The fourth-order valence-corrected chi connectivity index (χ4v) is 6.16. The van der Waals surface area contributed by atoms with Gasteiger partial charge in [-0.05, 0) is 112 Å². The van der Waals surface area contributed by atoms with Crippen LogP contribution in [0.15, 0.2) is 85.5 Å². The molecule has 0 aliphatic rings. The quantitative estimate of drug-likeness (QED) is 0.114. The third-order valence-electron chi connectivity index (χ3n) is 9.39. The Morgan fingerprint density at radius 1 is 0.528 bits per heavy atom. The van der Waals surface area contributed by atoms with Gasteiger partial charge in [0, 0.05) is 5.56 Å². The normalized spacial score (nSPS) is 10.8. The molecule has 53 heavy (non-hydrogen) atoms. The molecular formula is C50H72O3. The van der Waals surface area contributed by atoms with Crippen LogP contribution in [0.4, 0.5) is 0 Å². The second-order valence-corrected chi connectivity index (χ2v) is 15.9. The number of ether oxygens (including phenoxy) is 2. The zero-order valence-corrected chi connectivity index (χ0v) is 36.2. The molecule has 0 amide bonds. The molecule has 4 aromatic rings. The standard InChI is InChI=1S/C13H18O.2C13H20.C11H14O2/c1-5-6-11-7-8-12(10(2)3)13(9-11)14-4;1-9(2)12-7-6-11(5)13(8-12)10(3)4;1-9(2)12-7-6-11(5)8-13(12)10(3)4;1-8(2)10-5-4-9(7-12)6-11(10)13-3/h5,7-10H,1,6H2,2-4H3;2*6-10H,1-5H3;4-8H,1-3H3. The first kappa shape index (κ1) is 46.9. The number of allylic oxidation sites excluding steroid dienone is 1. The van der Waals surface area contributed by atoms with Gasteiger partial charge in [-0.3, -0.25) is 4.79 Å². The molecule has 0 fully saturated rings. The van der Waals surface area contributed by atoms with Gasteiger partial charge in [0.15, 0.2) is 0 Å². The Morgan fingerprint density at radius 3 is 1.47 bits per heavy atom. The second-order valence-electron chi connectivity index (χ2n) is 15.9. The highest BCUT2D eigenvalue weighted by Crippen LogP contribution is 2.29. The van der Waals surface area contributed by atoms with E-state index in [1.807, 2.05) is 18.2 Å². The molecule has 0 aromatic heterocycles. The number of carbonyl (C=O) groups is 1. The average molecular weight is 721 g/mol. The third-order valence-corrected chi connectivity index (χ3v) is 9.39. The average Bonchev–Trinajstić information content (AvgIpc) is 3.11. The summed E-state index contributed by atoms with van der Waals surface area (Å²) in [7, 11) is 3.34. The Hall–Kier alpha value is -4.11.